The van der Waals surface area contributed by atoms with Crippen LogP contribution >= 0.6 is 8.58 Å². The van der Waals surface area contributed by atoms with Crippen molar-refractivity contribution in [3.05, 3.63) is 77.7 Å². The van der Waals surface area contributed by atoms with E-state index in [1.165, 1.54) is 5.56 Å². The second kappa shape index (κ2) is 10.9. The molecule has 0 saturated carbocycles. The van der Waals surface area contributed by atoms with Crippen LogP contribution in [0.2, 0.25) is 0 Å². The van der Waals surface area contributed by atoms with Crippen molar-refractivity contribution in [2.24, 2.45) is 4.99 Å². The van der Waals surface area contributed by atoms with Crippen LogP contribution in [-0.2, 0) is 11.2 Å². The van der Waals surface area contributed by atoms with Crippen LogP contribution in [0.4, 0.5) is 5.69 Å². The molecule has 0 bridgehead atoms. The van der Waals surface area contributed by atoms with E-state index >= 15 is 0 Å². The van der Waals surface area contributed by atoms with E-state index in [1.54, 1.807) is 6.20 Å². The van der Waals surface area contributed by atoms with E-state index in [-0.39, 0.29) is 5.91 Å². The third-order valence-electron chi connectivity index (χ3n) is 4.47. The Bertz CT molecular complexity index is 819. The molecule has 0 aromatic heterocycles. The van der Waals surface area contributed by atoms with Crippen LogP contribution in [0.1, 0.15) is 23.7 Å². The molecule has 28 heavy (non-hydrogen) atoms. The van der Waals surface area contributed by atoms with Gasteiger partial charge >= 0.3 is 0 Å². The van der Waals surface area contributed by atoms with Gasteiger partial charge in [-0.3, -0.25) is 9.79 Å². The summed E-state index contributed by atoms with van der Waals surface area (Å²) < 4.78 is 0. The molecule has 1 aliphatic rings. The first-order chi connectivity index (χ1) is 13.7. The van der Waals surface area contributed by atoms with E-state index in [1.807, 2.05) is 60.4 Å². The molecule has 5 nitrogen and oxygen atoms in total. The van der Waals surface area contributed by atoms with E-state index in [2.05, 4.69) is 15.6 Å². The summed E-state index contributed by atoms with van der Waals surface area (Å²) in [6.07, 6.45) is 3.39. The fourth-order valence-corrected chi connectivity index (χ4v) is 3.69. The third kappa shape index (κ3) is 6.68. The summed E-state index contributed by atoms with van der Waals surface area (Å²) in [5.74, 6) is 2.01. The quantitative estimate of drug-likeness (QED) is 0.450. The van der Waals surface area contributed by atoms with Gasteiger partial charge in [-0.1, -0.05) is 51.0 Å². The SMILES string of the molecule is O=C(CC1=NC=CPC1)Nc1ccc(CCNCC(O)c2ccccc2)cc1. The molecule has 1 amide bonds. The maximum absolute atomic E-state index is 12.1. The monoisotopic (exact) mass is 395 g/mol. The second-order valence-corrected chi connectivity index (χ2v) is 7.79. The minimum Gasteiger partial charge on any atom is -0.387 e. The Labute approximate surface area is 167 Å². The first-order valence-electron chi connectivity index (χ1n) is 9.47. The summed E-state index contributed by atoms with van der Waals surface area (Å²) in [4.78, 5) is 16.4. The smallest absolute Gasteiger partial charge is 0.230 e. The molecule has 0 saturated heterocycles. The summed E-state index contributed by atoms with van der Waals surface area (Å²) in [6.45, 7) is 1.31. The number of anilines is 1. The first kappa shape index (κ1) is 20.4. The van der Waals surface area contributed by atoms with Gasteiger partial charge in [-0.25, -0.2) is 0 Å². The van der Waals surface area contributed by atoms with Crippen molar-refractivity contribution in [1.82, 2.24) is 5.32 Å². The fraction of sp³-hybridized carbons (Fsp3) is 0.273. The molecule has 6 heteroatoms. The molecule has 0 fully saturated rings. The highest BCUT2D eigenvalue weighted by Crippen LogP contribution is 2.18. The average molecular weight is 395 g/mol. The molecule has 1 heterocycles. The molecular weight excluding hydrogens is 369 g/mol. The minimum atomic E-state index is -0.497. The molecule has 2 aromatic carbocycles. The number of rotatable bonds is 9. The van der Waals surface area contributed by atoms with Crippen molar-refractivity contribution in [3.63, 3.8) is 0 Å². The Kier molecular flexibility index (Phi) is 7.92. The maximum Gasteiger partial charge on any atom is 0.230 e. The van der Waals surface area contributed by atoms with E-state index in [9.17, 15) is 9.90 Å². The zero-order chi connectivity index (χ0) is 19.6. The van der Waals surface area contributed by atoms with Crippen molar-refractivity contribution >= 4 is 25.9 Å². The molecule has 2 atom stereocenters. The number of carbonyl (C=O) groups excluding carboxylic acids is 1. The van der Waals surface area contributed by atoms with Gasteiger partial charge in [-0.2, -0.15) is 0 Å². The standard InChI is InChI=1S/C22H26N3O2P/c26-21(18-4-2-1-3-5-18)15-23-11-10-17-6-8-19(9-7-17)25-22(27)14-20-16-28-13-12-24-20/h1-9,12-13,21,23,26,28H,10-11,14-16H2,(H,25,27). The zero-order valence-electron chi connectivity index (χ0n) is 15.8. The lowest BCUT2D eigenvalue weighted by Gasteiger charge is -2.12. The van der Waals surface area contributed by atoms with Crippen LogP contribution < -0.4 is 10.6 Å². The lowest BCUT2D eigenvalue weighted by Crippen LogP contribution is -2.23. The molecule has 0 spiro atoms. The Hall–Kier alpha value is -2.33. The topological polar surface area (TPSA) is 73.7 Å². The summed E-state index contributed by atoms with van der Waals surface area (Å²) in [5.41, 5.74) is 3.85. The normalized spacial score (nSPS) is 15.2. The fourth-order valence-electron chi connectivity index (χ4n) is 2.94. The highest BCUT2D eigenvalue weighted by Gasteiger charge is 2.09. The van der Waals surface area contributed by atoms with Crippen molar-refractivity contribution in [1.29, 1.82) is 0 Å². The van der Waals surface area contributed by atoms with E-state index in [4.69, 9.17) is 0 Å². The van der Waals surface area contributed by atoms with E-state index in [0.717, 1.165) is 44.7 Å². The van der Waals surface area contributed by atoms with Crippen LogP contribution in [0.15, 0.2) is 71.6 Å². The van der Waals surface area contributed by atoms with Crippen LogP contribution in [-0.4, -0.2) is 36.0 Å². The largest absolute Gasteiger partial charge is 0.387 e. The molecule has 3 rings (SSSR count). The van der Waals surface area contributed by atoms with Crippen LogP contribution in [0.3, 0.4) is 0 Å². The van der Waals surface area contributed by atoms with Gasteiger partial charge in [0.2, 0.25) is 5.91 Å². The predicted molar refractivity (Wildman–Crippen MR) is 117 cm³/mol. The number of aliphatic imine (C=N–C) groups is 1. The van der Waals surface area contributed by atoms with Gasteiger partial charge in [0.1, 0.15) is 0 Å². The third-order valence-corrected chi connectivity index (χ3v) is 5.47. The molecular formula is C22H26N3O2P. The number of aliphatic hydroxyl groups excluding tert-OH is 1. The van der Waals surface area contributed by atoms with Crippen molar-refractivity contribution in [2.75, 3.05) is 24.6 Å². The lowest BCUT2D eigenvalue weighted by molar-refractivity contribution is -0.115. The summed E-state index contributed by atoms with van der Waals surface area (Å²) >= 11 is 0. The van der Waals surface area contributed by atoms with E-state index < -0.39 is 6.10 Å². The van der Waals surface area contributed by atoms with E-state index in [0.29, 0.717) is 13.0 Å². The Morgan fingerprint density at radius 2 is 1.93 bits per heavy atom. The van der Waals surface area contributed by atoms with Crippen LogP contribution in [0.25, 0.3) is 0 Å². The number of carbonyl (C=O) groups is 1. The first-order valence-corrected chi connectivity index (χ1v) is 10.8. The highest BCUT2D eigenvalue weighted by atomic mass is 31.1. The average Bonchev–Trinajstić information content (AvgIpc) is 2.73. The minimum absolute atomic E-state index is 0.0248. The Morgan fingerprint density at radius 3 is 2.64 bits per heavy atom. The molecule has 0 radical (unpaired) electrons. The Balaban J connectivity index is 1.37. The molecule has 2 unspecified atom stereocenters. The number of nitrogens with zero attached hydrogens (tertiary/aromatic N) is 1. The van der Waals surface area contributed by atoms with Crippen LogP contribution in [0, 0.1) is 0 Å². The lowest BCUT2D eigenvalue weighted by atomic mass is 10.1. The summed E-state index contributed by atoms with van der Waals surface area (Å²) in [7, 11) is 0.724. The van der Waals surface area contributed by atoms with Gasteiger partial charge in [-0.15, -0.1) is 0 Å². The molecule has 3 N–H and O–H groups in total. The second-order valence-electron chi connectivity index (χ2n) is 6.69. The summed E-state index contributed by atoms with van der Waals surface area (Å²) in [5, 5.41) is 16.4. The van der Waals surface area contributed by atoms with Gasteiger partial charge < -0.3 is 15.7 Å². The maximum atomic E-state index is 12.1. The molecule has 146 valence electrons. The highest BCUT2D eigenvalue weighted by molar-refractivity contribution is 7.43. The van der Waals surface area contributed by atoms with Gasteiger partial charge in [0.15, 0.2) is 0 Å². The van der Waals surface area contributed by atoms with Crippen molar-refractivity contribution in [2.45, 2.75) is 18.9 Å². The zero-order valence-corrected chi connectivity index (χ0v) is 16.8. The summed E-state index contributed by atoms with van der Waals surface area (Å²) in [6, 6.07) is 17.6. The molecule has 2 aromatic rings. The van der Waals surface area contributed by atoms with Crippen LogP contribution in [0.5, 0.6) is 0 Å². The number of benzene rings is 2. The number of amides is 1. The number of hydrogen-bond donors (Lipinski definition) is 3. The van der Waals surface area contributed by atoms with Crippen molar-refractivity contribution < 1.29 is 9.90 Å². The number of hydrogen-bond acceptors (Lipinski definition) is 4. The molecule has 1 aliphatic heterocycles. The number of aliphatic hydroxyl groups is 1. The Morgan fingerprint density at radius 1 is 1.14 bits per heavy atom. The van der Waals surface area contributed by atoms with Gasteiger partial charge in [-0.05, 0) is 42.0 Å². The predicted octanol–water partition coefficient (Wildman–Crippen LogP) is 3.49. The molecule has 0 aliphatic carbocycles. The van der Waals surface area contributed by atoms with Gasteiger partial charge in [0, 0.05) is 30.3 Å². The number of nitrogens with one attached hydrogen (secondary N) is 2. The van der Waals surface area contributed by atoms with Gasteiger partial charge in [0.05, 0.1) is 12.5 Å². The van der Waals surface area contributed by atoms with Gasteiger partial charge in [0.25, 0.3) is 0 Å². The van der Waals surface area contributed by atoms with Crippen molar-refractivity contribution in [3.8, 4) is 0 Å².